The maximum absolute atomic E-state index is 12.9. The SMILES string of the molecule is Cl.O=C(N[C@@]1(c2ccccc2)CCNC[C@H]1O)c1ccc2cc[nH]c2n1. The van der Waals surface area contributed by atoms with Crippen LogP contribution in [0.3, 0.4) is 0 Å². The third-order valence-corrected chi connectivity index (χ3v) is 4.87. The van der Waals surface area contributed by atoms with E-state index >= 15 is 0 Å². The van der Waals surface area contributed by atoms with E-state index < -0.39 is 11.6 Å². The second-order valence-electron chi connectivity index (χ2n) is 6.37. The van der Waals surface area contributed by atoms with Crippen molar-refractivity contribution in [2.24, 2.45) is 0 Å². The van der Waals surface area contributed by atoms with Crippen molar-refractivity contribution in [2.75, 3.05) is 13.1 Å². The van der Waals surface area contributed by atoms with E-state index in [9.17, 15) is 9.90 Å². The molecule has 0 radical (unpaired) electrons. The van der Waals surface area contributed by atoms with Crippen molar-refractivity contribution in [3.05, 3.63) is 66.0 Å². The van der Waals surface area contributed by atoms with Gasteiger partial charge in [0.05, 0.1) is 11.6 Å². The molecule has 6 nitrogen and oxygen atoms in total. The zero-order valence-electron chi connectivity index (χ0n) is 14.1. The van der Waals surface area contributed by atoms with Crippen LogP contribution in [0, 0.1) is 0 Å². The first-order chi connectivity index (χ1) is 12.2. The van der Waals surface area contributed by atoms with Gasteiger partial charge in [-0.15, -0.1) is 12.4 Å². The first-order valence-electron chi connectivity index (χ1n) is 8.40. The number of nitrogens with one attached hydrogen (secondary N) is 3. The van der Waals surface area contributed by atoms with E-state index in [0.717, 1.165) is 17.5 Å². The maximum Gasteiger partial charge on any atom is 0.270 e. The van der Waals surface area contributed by atoms with Crippen LogP contribution >= 0.6 is 12.4 Å². The number of hydrogen-bond acceptors (Lipinski definition) is 4. The predicted molar refractivity (Wildman–Crippen MR) is 102 cm³/mol. The molecular formula is C19H21ClN4O2. The minimum absolute atomic E-state index is 0. The Morgan fingerprint density at radius 2 is 2.00 bits per heavy atom. The van der Waals surface area contributed by atoms with Crippen molar-refractivity contribution in [2.45, 2.75) is 18.1 Å². The number of H-pyrrole nitrogens is 1. The highest BCUT2D eigenvalue weighted by Crippen LogP contribution is 2.31. The normalized spacial score (nSPS) is 22.6. The van der Waals surface area contributed by atoms with Gasteiger partial charge in [-0.3, -0.25) is 4.79 Å². The summed E-state index contributed by atoms with van der Waals surface area (Å²) in [5.41, 5.74) is 1.08. The van der Waals surface area contributed by atoms with Crippen LogP contribution in [0.2, 0.25) is 0 Å². The van der Waals surface area contributed by atoms with E-state index in [1.807, 2.05) is 42.5 Å². The zero-order chi connectivity index (χ0) is 17.3. The van der Waals surface area contributed by atoms with Gasteiger partial charge in [0.2, 0.25) is 0 Å². The molecule has 0 unspecified atom stereocenters. The summed E-state index contributed by atoms with van der Waals surface area (Å²) in [4.78, 5) is 20.3. The number of halogens is 1. The third-order valence-electron chi connectivity index (χ3n) is 4.87. The lowest BCUT2D eigenvalue weighted by Crippen LogP contribution is -2.61. The molecule has 1 aromatic carbocycles. The van der Waals surface area contributed by atoms with Crippen molar-refractivity contribution >= 4 is 29.3 Å². The number of β-amino-alcohol motifs (C(OH)–C–C–N with tert-alkyl or cyclic N) is 1. The molecule has 7 heteroatoms. The fourth-order valence-corrected chi connectivity index (χ4v) is 3.48. The Labute approximate surface area is 157 Å². The Hall–Kier alpha value is -2.41. The number of pyridine rings is 1. The van der Waals surface area contributed by atoms with Gasteiger partial charge >= 0.3 is 0 Å². The summed E-state index contributed by atoms with van der Waals surface area (Å²) < 4.78 is 0. The molecule has 4 rings (SSSR count). The van der Waals surface area contributed by atoms with E-state index in [-0.39, 0.29) is 18.3 Å². The number of aliphatic hydroxyl groups excluding tert-OH is 1. The molecule has 1 fully saturated rings. The van der Waals surface area contributed by atoms with E-state index in [1.165, 1.54) is 0 Å². The number of fused-ring (bicyclic) bond motifs is 1. The van der Waals surface area contributed by atoms with Gasteiger partial charge in [-0.2, -0.15) is 0 Å². The number of nitrogens with zero attached hydrogens (tertiary/aromatic N) is 1. The number of aliphatic hydroxyl groups is 1. The zero-order valence-corrected chi connectivity index (χ0v) is 14.9. The van der Waals surface area contributed by atoms with Gasteiger partial charge in [0, 0.05) is 18.1 Å². The monoisotopic (exact) mass is 372 g/mol. The number of benzene rings is 1. The summed E-state index contributed by atoms with van der Waals surface area (Å²) in [6.07, 6.45) is 1.68. The Morgan fingerprint density at radius 3 is 2.77 bits per heavy atom. The van der Waals surface area contributed by atoms with E-state index in [1.54, 1.807) is 12.3 Å². The van der Waals surface area contributed by atoms with E-state index in [2.05, 4.69) is 20.6 Å². The van der Waals surface area contributed by atoms with Crippen molar-refractivity contribution in [3.8, 4) is 0 Å². The minimum atomic E-state index is -0.823. The number of rotatable bonds is 3. The third kappa shape index (κ3) is 3.19. The predicted octanol–water partition coefficient (Wildman–Crippen LogP) is 1.96. The molecule has 0 spiro atoms. The summed E-state index contributed by atoms with van der Waals surface area (Å²) in [6.45, 7) is 1.15. The molecule has 3 heterocycles. The molecule has 2 atom stereocenters. The Morgan fingerprint density at radius 1 is 1.19 bits per heavy atom. The summed E-state index contributed by atoms with van der Waals surface area (Å²) >= 11 is 0. The van der Waals surface area contributed by atoms with E-state index in [4.69, 9.17) is 0 Å². The number of carbonyl (C=O) groups is 1. The van der Waals surface area contributed by atoms with Crippen LogP contribution in [-0.4, -0.2) is 40.2 Å². The number of amides is 1. The fraction of sp³-hybridized carbons (Fsp3) is 0.263. The minimum Gasteiger partial charge on any atom is -0.389 e. The molecule has 4 N–H and O–H groups in total. The summed E-state index contributed by atoms with van der Waals surface area (Å²) in [5.74, 6) is -0.290. The average Bonchev–Trinajstić information content (AvgIpc) is 3.12. The molecule has 1 aliphatic rings. The molecule has 1 amide bonds. The topological polar surface area (TPSA) is 90.0 Å². The maximum atomic E-state index is 12.9. The molecule has 1 saturated heterocycles. The molecule has 26 heavy (non-hydrogen) atoms. The van der Waals surface area contributed by atoms with Crippen LogP contribution in [0.5, 0.6) is 0 Å². The summed E-state index contributed by atoms with van der Waals surface area (Å²) in [6, 6.07) is 15.1. The van der Waals surface area contributed by atoms with Crippen molar-refractivity contribution in [1.82, 2.24) is 20.6 Å². The van der Waals surface area contributed by atoms with E-state index in [0.29, 0.717) is 24.3 Å². The van der Waals surface area contributed by atoms with Gasteiger partial charge in [-0.05, 0) is 36.7 Å². The second kappa shape index (κ2) is 7.45. The molecular weight excluding hydrogens is 352 g/mol. The molecule has 0 aliphatic carbocycles. The average molecular weight is 373 g/mol. The largest absolute Gasteiger partial charge is 0.389 e. The van der Waals surface area contributed by atoms with Crippen LogP contribution < -0.4 is 10.6 Å². The molecule has 0 bridgehead atoms. The molecule has 1 aliphatic heterocycles. The van der Waals surface area contributed by atoms with Gasteiger partial charge in [0.1, 0.15) is 11.3 Å². The van der Waals surface area contributed by atoms with Crippen LogP contribution in [0.15, 0.2) is 54.7 Å². The van der Waals surface area contributed by atoms with Gasteiger partial charge in [-0.25, -0.2) is 4.98 Å². The standard InChI is InChI=1S/C19H20N4O2.ClH/c24-16-12-20-11-9-19(16,14-4-2-1-3-5-14)23-18(25)15-7-6-13-8-10-21-17(13)22-15;/h1-8,10,16,20,24H,9,11-12H2,(H,21,22)(H,23,25);1H/t16-,19-;/m1./s1. The molecule has 2 aromatic heterocycles. The second-order valence-corrected chi connectivity index (χ2v) is 6.37. The molecule has 3 aromatic rings. The number of aromatic amines is 1. The Kier molecular flexibility index (Phi) is 5.27. The van der Waals surface area contributed by atoms with Crippen LogP contribution in [0.4, 0.5) is 0 Å². The highest BCUT2D eigenvalue weighted by atomic mass is 35.5. The lowest BCUT2D eigenvalue weighted by atomic mass is 9.79. The first-order valence-corrected chi connectivity index (χ1v) is 8.40. The smallest absolute Gasteiger partial charge is 0.270 e. The number of aromatic nitrogens is 2. The Balaban J connectivity index is 0.00000196. The number of piperidine rings is 1. The van der Waals surface area contributed by atoms with Gasteiger partial charge in [-0.1, -0.05) is 30.3 Å². The van der Waals surface area contributed by atoms with Crippen molar-refractivity contribution < 1.29 is 9.90 Å². The molecule has 0 saturated carbocycles. The van der Waals surface area contributed by atoms with Gasteiger partial charge < -0.3 is 20.7 Å². The summed E-state index contributed by atoms with van der Waals surface area (Å²) in [7, 11) is 0. The Bertz CT molecular complexity index is 899. The van der Waals surface area contributed by atoms with Crippen LogP contribution in [-0.2, 0) is 5.54 Å². The van der Waals surface area contributed by atoms with Crippen molar-refractivity contribution in [3.63, 3.8) is 0 Å². The number of hydrogen-bond donors (Lipinski definition) is 4. The highest BCUT2D eigenvalue weighted by Gasteiger charge is 2.43. The fourth-order valence-electron chi connectivity index (χ4n) is 3.48. The number of carbonyl (C=O) groups excluding carboxylic acids is 1. The summed E-state index contributed by atoms with van der Waals surface area (Å²) in [5, 5.41) is 17.9. The lowest BCUT2D eigenvalue weighted by molar-refractivity contribution is 0.0288. The molecule has 136 valence electrons. The lowest BCUT2D eigenvalue weighted by Gasteiger charge is -2.42. The quantitative estimate of drug-likeness (QED) is 0.565. The van der Waals surface area contributed by atoms with Gasteiger partial charge in [0.15, 0.2) is 0 Å². The highest BCUT2D eigenvalue weighted by molar-refractivity contribution is 5.95. The first kappa shape index (κ1) is 18.4. The van der Waals surface area contributed by atoms with Gasteiger partial charge in [0.25, 0.3) is 5.91 Å². The van der Waals surface area contributed by atoms with Crippen LogP contribution in [0.25, 0.3) is 11.0 Å². The van der Waals surface area contributed by atoms with Crippen molar-refractivity contribution in [1.29, 1.82) is 0 Å². The van der Waals surface area contributed by atoms with Crippen LogP contribution in [0.1, 0.15) is 22.5 Å².